The van der Waals surface area contributed by atoms with Gasteiger partial charge in [-0.2, -0.15) is 0 Å². The number of hydrogen-bond acceptors (Lipinski definition) is 2. The number of H-pyrrole nitrogens is 1. The molecule has 1 heterocycles. The van der Waals surface area contributed by atoms with Crippen molar-refractivity contribution < 1.29 is 4.39 Å². The summed E-state index contributed by atoms with van der Waals surface area (Å²) in [7, 11) is 0. The van der Waals surface area contributed by atoms with Gasteiger partial charge in [0.2, 0.25) is 0 Å². The summed E-state index contributed by atoms with van der Waals surface area (Å²) >= 11 is 10.8. The minimum absolute atomic E-state index is 0.369. The molecule has 0 atom stereocenters. The molecule has 0 bridgehead atoms. The lowest BCUT2D eigenvalue weighted by Gasteiger charge is -2.09. The molecule has 2 aromatic rings. The van der Waals surface area contributed by atoms with Crippen molar-refractivity contribution in [2.75, 3.05) is 0 Å². The van der Waals surface area contributed by atoms with E-state index in [9.17, 15) is 4.39 Å². The van der Waals surface area contributed by atoms with Gasteiger partial charge in [-0.3, -0.25) is 0 Å². The van der Waals surface area contributed by atoms with E-state index in [0.29, 0.717) is 26.7 Å². The van der Waals surface area contributed by atoms with Gasteiger partial charge in [0, 0.05) is 16.1 Å². The highest BCUT2D eigenvalue weighted by Crippen LogP contribution is 2.26. The maximum atomic E-state index is 13.8. The quantitative estimate of drug-likeness (QED) is 0.785. The van der Waals surface area contributed by atoms with E-state index < -0.39 is 0 Å². The molecule has 1 aromatic carbocycles. The van der Waals surface area contributed by atoms with Crippen LogP contribution in [0.25, 0.3) is 11.3 Å². The van der Waals surface area contributed by atoms with Crippen LogP contribution in [0, 0.1) is 24.3 Å². The first-order chi connectivity index (χ1) is 7.99. The smallest absolute Gasteiger partial charge is 0.134 e. The molecule has 0 unspecified atom stereocenters. The van der Waals surface area contributed by atoms with E-state index in [-0.39, 0.29) is 5.82 Å². The first-order valence-electron chi connectivity index (χ1n) is 5.02. The Hall–Kier alpha value is -1.26. The second-order valence-electron chi connectivity index (χ2n) is 3.75. The monoisotopic (exact) mass is 268 g/mol. The van der Waals surface area contributed by atoms with Gasteiger partial charge < -0.3 is 4.98 Å². The van der Waals surface area contributed by atoms with Crippen LogP contribution in [0.1, 0.15) is 11.4 Å². The maximum absolute atomic E-state index is 13.8. The molecule has 0 spiro atoms. The second kappa shape index (κ2) is 4.55. The number of nitrogens with zero attached hydrogens (tertiary/aromatic N) is 1. The molecule has 0 fully saturated rings. The average molecular weight is 269 g/mol. The number of aryl methyl sites for hydroxylation is 1. The van der Waals surface area contributed by atoms with Crippen molar-refractivity contribution in [2.24, 2.45) is 0 Å². The second-order valence-corrected chi connectivity index (χ2v) is 4.57. The Balaban J connectivity index is 2.72. The first kappa shape index (κ1) is 12.2. The van der Waals surface area contributed by atoms with Gasteiger partial charge in [-0.15, -0.1) is 0 Å². The summed E-state index contributed by atoms with van der Waals surface area (Å²) in [6.07, 6.45) is 0. The molecular formula is C12H10ClFN2S. The summed E-state index contributed by atoms with van der Waals surface area (Å²) in [5, 5.41) is 0.369. The van der Waals surface area contributed by atoms with E-state index in [1.54, 1.807) is 19.1 Å². The van der Waals surface area contributed by atoms with Crippen molar-refractivity contribution in [3.8, 4) is 11.3 Å². The maximum Gasteiger partial charge on any atom is 0.134 e. The molecule has 0 aliphatic carbocycles. The SMILES string of the molecule is Cc1nc(=S)c(C)c(-c2ccc(Cl)cc2F)[nH]1. The van der Waals surface area contributed by atoms with Gasteiger partial charge in [0.1, 0.15) is 16.3 Å². The molecular weight excluding hydrogens is 259 g/mol. The molecule has 88 valence electrons. The third-order valence-electron chi connectivity index (χ3n) is 2.47. The number of hydrogen-bond donors (Lipinski definition) is 1. The van der Waals surface area contributed by atoms with Gasteiger partial charge in [0.25, 0.3) is 0 Å². The van der Waals surface area contributed by atoms with Crippen LogP contribution >= 0.6 is 23.8 Å². The molecule has 0 aliphatic rings. The summed E-state index contributed by atoms with van der Waals surface area (Å²) < 4.78 is 14.3. The van der Waals surface area contributed by atoms with E-state index in [2.05, 4.69) is 9.97 Å². The molecule has 1 aromatic heterocycles. The summed E-state index contributed by atoms with van der Waals surface area (Å²) in [5.41, 5.74) is 1.85. The Morgan fingerprint density at radius 3 is 2.71 bits per heavy atom. The van der Waals surface area contributed by atoms with Crippen LogP contribution in [-0.2, 0) is 0 Å². The lowest BCUT2D eigenvalue weighted by molar-refractivity contribution is 0.630. The van der Waals surface area contributed by atoms with Crippen LogP contribution < -0.4 is 0 Å². The molecule has 0 saturated heterocycles. The van der Waals surface area contributed by atoms with Gasteiger partial charge >= 0.3 is 0 Å². The van der Waals surface area contributed by atoms with Crippen LogP contribution in [0.2, 0.25) is 5.02 Å². The van der Waals surface area contributed by atoms with Gasteiger partial charge in [-0.25, -0.2) is 9.37 Å². The summed E-state index contributed by atoms with van der Waals surface area (Å²) in [4.78, 5) is 7.15. The lowest BCUT2D eigenvalue weighted by atomic mass is 10.1. The number of aromatic amines is 1. The van der Waals surface area contributed by atoms with E-state index >= 15 is 0 Å². The van der Waals surface area contributed by atoms with E-state index in [1.165, 1.54) is 6.07 Å². The number of halogens is 2. The normalized spacial score (nSPS) is 10.6. The average Bonchev–Trinajstić information content (AvgIpc) is 2.24. The molecule has 0 saturated carbocycles. The molecule has 0 radical (unpaired) electrons. The minimum Gasteiger partial charge on any atom is -0.343 e. The van der Waals surface area contributed by atoms with Crippen molar-refractivity contribution >= 4 is 23.8 Å². The van der Waals surface area contributed by atoms with Gasteiger partial charge in [-0.1, -0.05) is 23.8 Å². The van der Waals surface area contributed by atoms with Crippen molar-refractivity contribution in [1.29, 1.82) is 0 Å². The zero-order valence-electron chi connectivity index (χ0n) is 9.34. The topological polar surface area (TPSA) is 28.7 Å². The van der Waals surface area contributed by atoms with E-state index in [4.69, 9.17) is 23.8 Å². The summed E-state index contributed by atoms with van der Waals surface area (Å²) in [6, 6.07) is 4.56. The molecule has 5 heteroatoms. The number of benzene rings is 1. The highest BCUT2D eigenvalue weighted by Gasteiger charge is 2.10. The van der Waals surface area contributed by atoms with E-state index in [0.717, 1.165) is 5.56 Å². The highest BCUT2D eigenvalue weighted by atomic mass is 35.5. The van der Waals surface area contributed by atoms with Crippen molar-refractivity contribution in [2.45, 2.75) is 13.8 Å². The van der Waals surface area contributed by atoms with Crippen molar-refractivity contribution in [1.82, 2.24) is 9.97 Å². The fraction of sp³-hybridized carbons (Fsp3) is 0.167. The minimum atomic E-state index is -0.378. The van der Waals surface area contributed by atoms with Gasteiger partial charge in [0.15, 0.2) is 0 Å². The zero-order valence-corrected chi connectivity index (χ0v) is 10.9. The van der Waals surface area contributed by atoms with E-state index in [1.807, 2.05) is 6.92 Å². The Morgan fingerprint density at radius 1 is 1.35 bits per heavy atom. The Kier molecular flexibility index (Phi) is 3.26. The Bertz CT molecular complexity index is 637. The molecule has 17 heavy (non-hydrogen) atoms. The Labute approximate surface area is 108 Å². The summed E-state index contributed by atoms with van der Waals surface area (Å²) in [5.74, 6) is 0.279. The largest absolute Gasteiger partial charge is 0.343 e. The highest BCUT2D eigenvalue weighted by molar-refractivity contribution is 7.71. The predicted octanol–water partition coefficient (Wildman–Crippen LogP) is 4.22. The van der Waals surface area contributed by atoms with Crippen molar-refractivity contribution in [3.63, 3.8) is 0 Å². The molecule has 0 aliphatic heterocycles. The molecule has 1 N–H and O–H groups in total. The van der Waals surface area contributed by atoms with Crippen LogP contribution in [-0.4, -0.2) is 9.97 Å². The third kappa shape index (κ3) is 2.37. The van der Waals surface area contributed by atoms with Gasteiger partial charge in [-0.05, 0) is 32.0 Å². The Morgan fingerprint density at radius 2 is 2.06 bits per heavy atom. The van der Waals surface area contributed by atoms with Crippen LogP contribution in [0.3, 0.4) is 0 Å². The molecule has 0 amide bonds. The van der Waals surface area contributed by atoms with Crippen LogP contribution in [0.4, 0.5) is 4.39 Å². The number of nitrogens with one attached hydrogen (secondary N) is 1. The van der Waals surface area contributed by atoms with Gasteiger partial charge in [0.05, 0.1) is 5.69 Å². The van der Waals surface area contributed by atoms with Crippen molar-refractivity contribution in [3.05, 3.63) is 45.1 Å². The number of rotatable bonds is 1. The zero-order chi connectivity index (χ0) is 12.6. The predicted molar refractivity (Wildman–Crippen MR) is 69.3 cm³/mol. The fourth-order valence-corrected chi connectivity index (χ4v) is 2.01. The molecule has 2 rings (SSSR count). The van der Waals surface area contributed by atoms with Crippen LogP contribution in [0.15, 0.2) is 18.2 Å². The lowest BCUT2D eigenvalue weighted by Crippen LogP contribution is -1.98. The third-order valence-corrected chi connectivity index (χ3v) is 3.10. The standard InChI is InChI=1S/C12H10ClFN2S/c1-6-11(15-7(2)16-12(6)17)9-4-3-8(13)5-10(9)14/h3-5H,1-2H3,(H,15,16,17). The molecule has 2 nitrogen and oxygen atoms in total. The fourth-order valence-electron chi connectivity index (χ4n) is 1.61. The number of aromatic nitrogens is 2. The van der Waals surface area contributed by atoms with Crippen LogP contribution in [0.5, 0.6) is 0 Å². The summed E-state index contributed by atoms with van der Waals surface area (Å²) in [6.45, 7) is 3.60. The first-order valence-corrected chi connectivity index (χ1v) is 5.80.